The lowest BCUT2D eigenvalue weighted by molar-refractivity contribution is -0.113. The number of hydrogen-bond donors (Lipinski definition) is 2. The molecule has 7 heteroatoms. The lowest BCUT2D eigenvalue weighted by Gasteiger charge is -2.12. The fourth-order valence-electron chi connectivity index (χ4n) is 1.90. The minimum atomic E-state index is -0.598. The Morgan fingerprint density at radius 1 is 1.17 bits per heavy atom. The molecule has 0 heterocycles. The number of alkyl halides is 1. The van der Waals surface area contributed by atoms with Crippen molar-refractivity contribution in [2.75, 3.05) is 11.2 Å². The molecule has 0 radical (unpaired) electrons. The summed E-state index contributed by atoms with van der Waals surface area (Å²) in [5, 5.41) is 5.17. The molecule has 2 N–H and O–H groups in total. The first-order chi connectivity index (χ1) is 11.0. The van der Waals surface area contributed by atoms with E-state index in [0.29, 0.717) is 6.54 Å². The first-order valence-electron chi connectivity index (χ1n) is 6.68. The van der Waals surface area contributed by atoms with Gasteiger partial charge in [0.25, 0.3) is 5.91 Å². The largest absolute Gasteiger partial charge is 0.348 e. The van der Waals surface area contributed by atoms with Crippen molar-refractivity contribution in [3.05, 3.63) is 63.9 Å². The van der Waals surface area contributed by atoms with E-state index in [-0.39, 0.29) is 21.6 Å². The molecule has 120 valence electrons. The van der Waals surface area contributed by atoms with Crippen molar-refractivity contribution < 1.29 is 14.0 Å². The van der Waals surface area contributed by atoms with Crippen molar-refractivity contribution >= 4 is 45.0 Å². The summed E-state index contributed by atoms with van der Waals surface area (Å²) in [6, 6.07) is 11.7. The lowest BCUT2D eigenvalue weighted by Crippen LogP contribution is -2.25. The van der Waals surface area contributed by atoms with Crippen molar-refractivity contribution in [3.8, 4) is 0 Å². The molecule has 2 amide bonds. The van der Waals surface area contributed by atoms with Crippen LogP contribution in [0.5, 0.6) is 0 Å². The summed E-state index contributed by atoms with van der Waals surface area (Å²) in [6.07, 6.45) is 0. The van der Waals surface area contributed by atoms with E-state index in [1.54, 1.807) is 0 Å². The number of nitrogens with one attached hydrogen (secondary N) is 2. The smallest absolute Gasteiger partial charge is 0.253 e. The zero-order valence-corrected chi connectivity index (χ0v) is 14.2. The second kappa shape index (κ2) is 8.08. The van der Waals surface area contributed by atoms with Crippen LogP contribution in [-0.2, 0) is 11.3 Å². The van der Waals surface area contributed by atoms with Gasteiger partial charge in [0, 0.05) is 6.54 Å². The molecule has 0 bridgehead atoms. The van der Waals surface area contributed by atoms with E-state index < -0.39 is 17.6 Å². The van der Waals surface area contributed by atoms with Gasteiger partial charge in [-0.2, -0.15) is 0 Å². The summed E-state index contributed by atoms with van der Waals surface area (Å²) >= 11 is 8.47. The van der Waals surface area contributed by atoms with Gasteiger partial charge in [-0.15, -0.1) is 11.6 Å². The first-order valence-corrected chi connectivity index (χ1v) is 8.01. The number of halogens is 3. The molecule has 23 heavy (non-hydrogen) atoms. The first kappa shape index (κ1) is 17.4. The second-order valence-corrected chi connectivity index (χ2v) is 5.78. The van der Waals surface area contributed by atoms with E-state index >= 15 is 0 Å². The second-order valence-electron chi connectivity index (χ2n) is 4.66. The number of hydrogen-bond acceptors (Lipinski definition) is 2. The molecule has 0 fully saturated rings. The summed E-state index contributed by atoms with van der Waals surface area (Å²) in [6.45, 7) is 0.292. The van der Waals surface area contributed by atoms with Crippen LogP contribution in [0.4, 0.5) is 10.1 Å². The van der Waals surface area contributed by atoms with Crippen molar-refractivity contribution in [3.63, 3.8) is 0 Å². The van der Waals surface area contributed by atoms with E-state index in [9.17, 15) is 14.0 Å². The number of carbonyl (C=O) groups is 2. The Bertz CT molecular complexity index is 726. The zero-order valence-electron chi connectivity index (χ0n) is 11.9. The van der Waals surface area contributed by atoms with Gasteiger partial charge in [-0.1, -0.05) is 30.3 Å². The molecular weight excluding hydrogens is 387 g/mol. The standard InChI is InChI=1S/C16H13BrClFN2O2/c17-12-7-14(21-15(22)8-18)11(6-13(12)19)16(23)20-9-10-4-2-1-3-5-10/h1-7H,8-9H2,(H,20,23)(H,21,22). The maximum atomic E-state index is 13.7. The molecule has 2 aromatic carbocycles. The molecule has 0 spiro atoms. The maximum Gasteiger partial charge on any atom is 0.253 e. The molecule has 2 aromatic rings. The maximum absolute atomic E-state index is 13.7. The Labute approximate surface area is 146 Å². The van der Waals surface area contributed by atoms with Crippen LogP contribution in [0.15, 0.2) is 46.9 Å². The third-order valence-electron chi connectivity index (χ3n) is 3.00. The van der Waals surface area contributed by atoms with Crippen LogP contribution in [0.3, 0.4) is 0 Å². The molecule has 0 aliphatic heterocycles. The topological polar surface area (TPSA) is 58.2 Å². The minimum absolute atomic E-state index is 0.0279. The van der Waals surface area contributed by atoms with E-state index in [1.807, 2.05) is 30.3 Å². The van der Waals surface area contributed by atoms with Gasteiger partial charge in [0.15, 0.2) is 0 Å². The number of benzene rings is 2. The SMILES string of the molecule is O=C(CCl)Nc1cc(Br)c(F)cc1C(=O)NCc1ccccc1. The zero-order chi connectivity index (χ0) is 16.8. The van der Waals surface area contributed by atoms with Gasteiger partial charge in [-0.25, -0.2) is 4.39 Å². The van der Waals surface area contributed by atoms with E-state index in [0.717, 1.165) is 11.6 Å². The fourth-order valence-corrected chi connectivity index (χ4v) is 2.31. The number of carbonyl (C=O) groups excluding carboxylic acids is 2. The summed E-state index contributed by atoms with van der Waals surface area (Å²) in [4.78, 5) is 23.7. The quantitative estimate of drug-likeness (QED) is 0.753. The van der Waals surface area contributed by atoms with Crippen molar-refractivity contribution in [1.82, 2.24) is 5.32 Å². The average Bonchev–Trinajstić information content (AvgIpc) is 2.56. The van der Waals surface area contributed by atoms with Crippen LogP contribution < -0.4 is 10.6 Å². The highest BCUT2D eigenvalue weighted by atomic mass is 79.9. The molecule has 0 unspecified atom stereocenters. The molecule has 4 nitrogen and oxygen atoms in total. The summed E-state index contributed by atoms with van der Waals surface area (Å²) in [7, 11) is 0. The van der Waals surface area contributed by atoms with Crippen LogP contribution in [-0.4, -0.2) is 17.7 Å². The summed E-state index contributed by atoms with van der Waals surface area (Å²) < 4.78 is 13.9. The summed E-state index contributed by atoms with van der Waals surface area (Å²) in [5.74, 6) is -1.84. The van der Waals surface area contributed by atoms with E-state index in [2.05, 4.69) is 26.6 Å². The van der Waals surface area contributed by atoms with Gasteiger partial charge >= 0.3 is 0 Å². The molecule has 0 saturated carbocycles. The Kier molecular flexibility index (Phi) is 6.12. The van der Waals surface area contributed by atoms with Gasteiger partial charge in [0.05, 0.1) is 15.7 Å². The molecular formula is C16H13BrClFN2O2. The van der Waals surface area contributed by atoms with Crippen LogP contribution in [0.25, 0.3) is 0 Å². The predicted molar refractivity (Wildman–Crippen MR) is 91.1 cm³/mol. The fraction of sp³-hybridized carbons (Fsp3) is 0.125. The molecule has 0 aliphatic carbocycles. The minimum Gasteiger partial charge on any atom is -0.348 e. The molecule has 0 aromatic heterocycles. The monoisotopic (exact) mass is 398 g/mol. The van der Waals surface area contributed by atoms with Crippen molar-refractivity contribution in [1.29, 1.82) is 0 Å². The Balaban J connectivity index is 2.20. The highest BCUT2D eigenvalue weighted by Crippen LogP contribution is 2.25. The van der Waals surface area contributed by atoms with Gasteiger partial charge in [-0.3, -0.25) is 9.59 Å². The lowest BCUT2D eigenvalue weighted by atomic mass is 10.1. The normalized spacial score (nSPS) is 10.2. The third kappa shape index (κ3) is 4.77. The number of amides is 2. The van der Waals surface area contributed by atoms with Crippen LogP contribution in [0, 0.1) is 5.82 Å². The predicted octanol–water partition coefficient (Wildman–Crippen LogP) is 3.70. The van der Waals surface area contributed by atoms with Crippen LogP contribution in [0.2, 0.25) is 0 Å². The number of anilines is 1. The summed E-state index contributed by atoms with van der Waals surface area (Å²) in [5.41, 5.74) is 1.12. The Morgan fingerprint density at radius 2 is 1.87 bits per heavy atom. The molecule has 0 saturated heterocycles. The average molecular weight is 400 g/mol. The van der Waals surface area contributed by atoms with E-state index in [4.69, 9.17) is 11.6 Å². The van der Waals surface area contributed by atoms with Crippen molar-refractivity contribution in [2.45, 2.75) is 6.54 Å². The van der Waals surface area contributed by atoms with Crippen LogP contribution in [0.1, 0.15) is 15.9 Å². The number of rotatable bonds is 5. The Morgan fingerprint density at radius 3 is 2.52 bits per heavy atom. The van der Waals surface area contributed by atoms with Gasteiger partial charge in [0.2, 0.25) is 5.91 Å². The highest BCUT2D eigenvalue weighted by molar-refractivity contribution is 9.10. The highest BCUT2D eigenvalue weighted by Gasteiger charge is 2.16. The van der Waals surface area contributed by atoms with Crippen molar-refractivity contribution in [2.24, 2.45) is 0 Å². The molecule has 0 aliphatic rings. The van der Waals surface area contributed by atoms with Gasteiger partial charge < -0.3 is 10.6 Å². The van der Waals surface area contributed by atoms with Crippen LogP contribution >= 0.6 is 27.5 Å². The van der Waals surface area contributed by atoms with E-state index in [1.165, 1.54) is 6.07 Å². The van der Waals surface area contributed by atoms with Gasteiger partial charge in [-0.05, 0) is 33.6 Å². The third-order valence-corrected chi connectivity index (χ3v) is 3.85. The molecule has 0 atom stereocenters. The van der Waals surface area contributed by atoms with Gasteiger partial charge in [0.1, 0.15) is 11.7 Å². The molecule has 2 rings (SSSR count). The Hall–Kier alpha value is -1.92.